The number of hydrogen-bond donors (Lipinski definition) is 0. The van der Waals surface area contributed by atoms with Crippen LogP contribution in [0.4, 0.5) is 8.78 Å². The van der Waals surface area contributed by atoms with Crippen LogP contribution in [0.15, 0.2) is 36.5 Å². The van der Waals surface area contributed by atoms with Gasteiger partial charge in [-0.3, -0.25) is 0 Å². The van der Waals surface area contributed by atoms with E-state index in [1.807, 2.05) is 6.07 Å². The van der Waals surface area contributed by atoms with E-state index in [1.165, 1.54) is 4.52 Å². The smallest absolute Gasteiger partial charge is 0.182 e. The molecule has 6 heteroatoms. The van der Waals surface area contributed by atoms with Crippen LogP contribution in [0.1, 0.15) is 5.56 Å². The largest absolute Gasteiger partial charge is 0.219 e. The molecule has 0 aliphatic heterocycles. The van der Waals surface area contributed by atoms with E-state index in [9.17, 15) is 8.78 Å². The number of hydrogen-bond acceptors (Lipinski definition) is 3. The second-order valence-electron chi connectivity index (χ2n) is 3.90. The number of nitriles is 1. The third-order valence-corrected chi connectivity index (χ3v) is 2.60. The van der Waals surface area contributed by atoms with E-state index in [1.54, 1.807) is 18.3 Å². The molecular formula is C13H6F2N4. The number of pyridine rings is 1. The van der Waals surface area contributed by atoms with Crippen LogP contribution in [-0.2, 0) is 0 Å². The van der Waals surface area contributed by atoms with Crippen molar-refractivity contribution in [2.45, 2.75) is 0 Å². The zero-order valence-electron chi connectivity index (χ0n) is 9.51. The molecule has 0 atom stereocenters. The highest BCUT2D eigenvalue weighted by Gasteiger charge is 2.11. The van der Waals surface area contributed by atoms with E-state index in [4.69, 9.17) is 5.26 Å². The summed E-state index contributed by atoms with van der Waals surface area (Å²) in [6, 6.07) is 8.30. The first-order valence-corrected chi connectivity index (χ1v) is 5.39. The summed E-state index contributed by atoms with van der Waals surface area (Å²) in [5.41, 5.74) is 0.924. The SMILES string of the molecule is N#Cc1cccn2nc(-c3cc(F)cc(F)c3)nc12. The standard InChI is InChI=1S/C13H6F2N4/c14-10-4-9(5-11(15)6-10)12-17-13-8(7-16)2-1-3-19(13)18-12/h1-6H. The maximum Gasteiger partial charge on any atom is 0.182 e. The number of rotatable bonds is 1. The van der Waals surface area contributed by atoms with Crippen molar-refractivity contribution in [1.82, 2.24) is 14.6 Å². The first kappa shape index (κ1) is 11.3. The minimum Gasteiger partial charge on any atom is -0.219 e. The van der Waals surface area contributed by atoms with Crippen LogP contribution < -0.4 is 0 Å². The summed E-state index contributed by atoms with van der Waals surface area (Å²) in [7, 11) is 0. The van der Waals surface area contributed by atoms with Gasteiger partial charge in [-0.2, -0.15) is 5.26 Å². The van der Waals surface area contributed by atoms with E-state index in [-0.39, 0.29) is 11.4 Å². The van der Waals surface area contributed by atoms with Gasteiger partial charge in [-0.05, 0) is 24.3 Å². The van der Waals surface area contributed by atoms with Crippen LogP contribution >= 0.6 is 0 Å². The fourth-order valence-corrected chi connectivity index (χ4v) is 1.80. The molecule has 3 aromatic rings. The molecule has 3 rings (SSSR count). The Kier molecular flexibility index (Phi) is 2.46. The molecule has 0 fully saturated rings. The summed E-state index contributed by atoms with van der Waals surface area (Å²) in [5.74, 6) is -1.23. The van der Waals surface area contributed by atoms with Crippen LogP contribution in [0.2, 0.25) is 0 Å². The van der Waals surface area contributed by atoms with Gasteiger partial charge in [-0.15, -0.1) is 5.10 Å². The van der Waals surface area contributed by atoms with E-state index >= 15 is 0 Å². The van der Waals surface area contributed by atoms with Gasteiger partial charge in [0.05, 0.1) is 5.56 Å². The molecule has 4 nitrogen and oxygen atoms in total. The second kappa shape index (κ2) is 4.14. The first-order chi connectivity index (χ1) is 9.17. The van der Waals surface area contributed by atoms with Crippen molar-refractivity contribution >= 4 is 5.65 Å². The Labute approximate surface area is 106 Å². The molecule has 2 heterocycles. The van der Waals surface area contributed by atoms with Crippen molar-refractivity contribution in [2.75, 3.05) is 0 Å². The summed E-state index contributed by atoms with van der Waals surface area (Å²) in [6.45, 7) is 0. The van der Waals surface area contributed by atoms with Gasteiger partial charge in [0.15, 0.2) is 11.5 Å². The van der Waals surface area contributed by atoms with Crippen molar-refractivity contribution in [3.63, 3.8) is 0 Å². The lowest BCUT2D eigenvalue weighted by Gasteiger charge is -1.95. The summed E-state index contributed by atoms with van der Waals surface area (Å²) in [4.78, 5) is 4.13. The minimum atomic E-state index is -0.700. The number of aromatic nitrogens is 3. The molecule has 0 bridgehead atoms. The van der Waals surface area contributed by atoms with E-state index in [0.717, 1.165) is 18.2 Å². The van der Waals surface area contributed by atoms with Crippen LogP contribution in [0.5, 0.6) is 0 Å². The molecule has 0 aliphatic rings. The molecule has 0 N–H and O–H groups in total. The average molecular weight is 256 g/mol. The maximum absolute atomic E-state index is 13.2. The summed E-state index contributed by atoms with van der Waals surface area (Å²) in [5, 5.41) is 13.0. The Balaban J connectivity index is 2.24. The van der Waals surface area contributed by atoms with Crippen molar-refractivity contribution < 1.29 is 8.78 Å². The van der Waals surface area contributed by atoms with Crippen LogP contribution in [0.3, 0.4) is 0 Å². The molecule has 19 heavy (non-hydrogen) atoms. The van der Waals surface area contributed by atoms with Gasteiger partial charge in [0.2, 0.25) is 0 Å². The third kappa shape index (κ3) is 1.91. The normalized spacial score (nSPS) is 10.6. The topological polar surface area (TPSA) is 54.0 Å². The van der Waals surface area contributed by atoms with Gasteiger partial charge in [-0.25, -0.2) is 18.3 Å². The molecule has 0 amide bonds. The van der Waals surface area contributed by atoms with Gasteiger partial charge in [0, 0.05) is 17.8 Å². The number of halogens is 2. The highest BCUT2D eigenvalue weighted by Crippen LogP contribution is 2.20. The lowest BCUT2D eigenvalue weighted by atomic mass is 10.2. The third-order valence-electron chi connectivity index (χ3n) is 2.60. The van der Waals surface area contributed by atoms with Gasteiger partial charge in [-0.1, -0.05) is 0 Å². The van der Waals surface area contributed by atoms with Crippen LogP contribution in [0.25, 0.3) is 17.0 Å². The minimum absolute atomic E-state index is 0.168. The zero-order chi connectivity index (χ0) is 13.4. The molecule has 92 valence electrons. The highest BCUT2D eigenvalue weighted by molar-refractivity contribution is 5.62. The highest BCUT2D eigenvalue weighted by atomic mass is 19.1. The van der Waals surface area contributed by atoms with Gasteiger partial charge in [0.25, 0.3) is 0 Å². The molecule has 0 spiro atoms. The Morgan fingerprint density at radius 3 is 2.58 bits per heavy atom. The maximum atomic E-state index is 13.2. The fraction of sp³-hybridized carbons (Fsp3) is 0. The van der Waals surface area contributed by atoms with Crippen molar-refractivity contribution in [3.8, 4) is 17.5 Å². The molecule has 2 aromatic heterocycles. The summed E-state index contributed by atoms with van der Waals surface area (Å²) >= 11 is 0. The van der Waals surface area contributed by atoms with Crippen molar-refractivity contribution in [1.29, 1.82) is 5.26 Å². The number of nitrogens with zero attached hydrogens (tertiary/aromatic N) is 4. The van der Waals surface area contributed by atoms with Crippen molar-refractivity contribution in [2.24, 2.45) is 0 Å². The van der Waals surface area contributed by atoms with Crippen LogP contribution in [-0.4, -0.2) is 14.6 Å². The fourth-order valence-electron chi connectivity index (χ4n) is 1.80. The monoisotopic (exact) mass is 256 g/mol. The molecule has 0 aliphatic carbocycles. The predicted octanol–water partition coefficient (Wildman–Crippen LogP) is 2.55. The molecule has 0 unspecified atom stereocenters. The number of benzene rings is 1. The van der Waals surface area contributed by atoms with Gasteiger partial charge < -0.3 is 0 Å². The van der Waals surface area contributed by atoms with E-state index < -0.39 is 11.6 Å². The quantitative estimate of drug-likeness (QED) is 0.672. The Bertz CT molecular complexity index is 797. The number of fused-ring (bicyclic) bond motifs is 1. The van der Waals surface area contributed by atoms with Crippen molar-refractivity contribution in [3.05, 3.63) is 53.7 Å². The zero-order valence-corrected chi connectivity index (χ0v) is 9.51. The average Bonchev–Trinajstić information content (AvgIpc) is 2.81. The Morgan fingerprint density at radius 2 is 1.89 bits per heavy atom. The molecule has 0 saturated carbocycles. The summed E-state index contributed by atoms with van der Waals surface area (Å²) in [6.07, 6.45) is 1.61. The lowest BCUT2D eigenvalue weighted by molar-refractivity contribution is 0.584. The van der Waals surface area contributed by atoms with Gasteiger partial charge in [0.1, 0.15) is 17.7 Å². The van der Waals surface area contributed by atoms with E-state index in [2.05, 4.69) is 10.1 Å². The molecule has 0 radical (unpaired) electrons. The molecule has 1 aromatic carbocycles. The summed E-state index contributed by atoms with van der Waals surface area (Å²) < 4.78 is 27.7. The predicted molar refractivity (Wildman–Crippen MR) is 63.1 cm³/mol. The van der Waals surface area contributed by atoms with Crippen LogP contribution in [0, 0.1) is 23.0 Å². The Hall–Kier alpha value is -2.81. The second-order valence-corrected chi connectivity index (χ2v) is 3.90. The lowest BCUT2D eigenvalue weighted by Crippen LogP contribution is -1.89. The first-order valence-electron chi connectivity index (χ1n) is 5.39. The Morgan fingerprint density at radius 1 is 1.16 bits per heavy atom. The van der Waals surface area contributed by atoms with Gasteiger partial charge >= 0.3 is 0 Å². The molecule has 0 saturated heterocycles. The van der Waals surface area contributed by atoms with E-state index in [0.29, 0.717) is 11.2 Å². The molecular weight excluding hydrogens is 250 g/mol.